The summed E-state index contributed by atoms with van der Waals surface area (Å²) in [6.45, 7) is 4.46. The van der Waals surface area contributed by atoms with E-state index in [1.165, 1.54) is 0 Å². The van der Waals surface area contributed by atoms with Gasteiger partial charge in [-0.2, -0.15) is 0 Å². The van der Waals surface area contributed by atoms with Crippen molar-refractivity contribution in [2.75, 3.05) is 0 Å². The van der Waals surface area contributed by atoms with Crippen LogP contribution in [0.5, 0.6) is 0 Å². The van der Waals surface area contributed by atoms with E-state index in [-0.39, 0.29) is 11.9 Å². The van der Waals surface area contributed by atoms with Crippen LogP contribution in [0.1, 0.15) is 29.7 Å². The van der Waals surface area contributed by atoms with Gasteiger partial charge in [0.15, 0.2) is 0 Å². The summed E-state index contributed by atoms with van der Waals surface area (Å²) in [6.07, 6.45) is 0. The van der Waals surface area contributed by atoms with Crippen LogP contribution in [-0.4, -0.2) is 0 Å². The van der Waals surface area contributed by atoms with Crippen LogP contribution in [0.3, 0.4) is 0 Å². The van der Waals surface area contributed by atoms with Gasteiger partial charge >= 0.3 is 0 Å². The Hall–Kier alpha value is -1.38. The minimum atomic E-state index is -0.158. The summed E-state index contributed by atoms with van der Waals surface area (Å²) in [4.78, 5) is 0. The zero-order valence-corrected chi connectivity index (χ0v) is 11.8. The van der Waals surface area contributed by atoms with E-state index in [2.05, 4.69) is 12.2 Å². The van der Waals surface area contributed by atoms with E-state index in [1.54, 1.807) is 19.1 Å². The summed E-state index contributed by atoms with van der Waals surface area (Å²) in [5.41, 5.74) is 2.74. The number of aryl methyl sites for hydroxylation is 1. The summed E-state index contributed by atoms with van der Waals surface area (Å²) < 4.78 is 13.4. The molecule has 0 fully saturated rings. The number of benzene rings is 2. The van der Waals surface area contributed by atoms with Crippen molar-refractivity contribution in [3.8, 4) is 0 Å². The van der Waals surface area contributed by atoms with E-state index in [0.717, 1.165) is 16.1 Å². The van der Waals surface area contributed by atoms with Crippen molar-refractivity contribution in [1.82, 2.24) is 5.32 Å². The lowest BCUT2D eigenvalue weighted by Crippen LogP contribution is -2.18. The van der Waals surface area contributed by atoms with Gasteiger partial charge in [-0.05, 0) is 48.7 Å². The molecule has 2 rings (SSSR count). The molecule has 100 valence electrons. The Bertz CT molecular complexity index is 568. The second-order valence-corrected chi connectivity index (χ2v) is 5.18. The van der Waals surface area contributed by atoms with Crippen LogP contribution in [0.4, 0.5) is 4.39 Å². The Morgan fingerprint density at radius 1 is 1.21 bits per heavy atom. The summed E-state index contributed by atoms with van der Waals surface area (Å²) in [5.74, 6) is -0.158. The number of halogens is 2. The van der Waals surface area contributed by atoms with Gasteiger partial charge < -0.3 is 5.32 Å². The van der Waals surface area contributed by atoms with E-state index < -0.39 is 0 Å². The monoisotopic (exact) mass is 277 g/mol. The van der Waals surface area contributed by atoms with Crippen molar-refractivity contribution >= 4 is 11.6 Å². The molecule has 19 heavy (non-hydrogen) atoms. The third-order valence-electron chi connectivity index (χ3n) is 3.20. The zero-order chi connectivity index (χ0) is 13.8. The standard InChI is InChI=1S/C16H17ClFN/c1-11-6-7-13(8-16(11)18)10-19-12(2)14-4-3-5-15(17)9-14/h3-9,12,19H,10H2,1-2H3/t12-/m1/s1. The molecule has 0 aliphatic carbocycles. The second-order valence-electron chi connectivity index (χ2n) is 4.74. The molecule has 0 unspecified atom stereocenters. The van der Waals surface area contributed by atoms with Crippen LogP contribution < -0.4 is 5.32 Å². The molecule has 0 saturated carbocycles. The first kappa shape index (κ1) is 14.0. The first-order valence-electron chi connectivity index (χ1n) is 6.30. The summed E-state index contributed by atoms with van der Waals surface area (Å²) in [6, 6.07) is 13.2. The highest BCUT2D eigenvalue weighted by atomic mass is 35.5. The van der Waals surface area contributed by atoms with Crippen LogP contribution in [-0.2, 0) is 6.54 Å². The maximum Gasteiger partial charge on any atom is 0.126 e. The number of nitrogens with one attached hydrogen (secondary N) is 1. The zero-order valence-electron chi connectivity index (χ0n) is 11.1. The summed E-state index contributed by atoms with van der Waals surface area (Å²) in [7, 11) is 0. The SMILES string of the molecule is Cc1ccc(CN[C@H](C)c2cccc(Cl)c2)cc1F. The lowest BCUT2D eigenvalue weighted by atomic mass is 10.1. The van der Waals surface area contributed by atoms with Crippen molar-refractivity contribution < 1.29 is 4.39 Å². The van der Waals surface area contributed by atoms with Gasteiger partial charge in [-0.3, -0.25) is 0 Å². The molecule has 0 spiro atoms. The van der Waals surface area contributed by atoms with Gasteiger partial charge in [-0.15, -0.1) is 0 Å². The lowest BCUT2D eigenvalue weighted by molar-refractivity contribution is 0.568. The van der Waals surface area contributed by atoms with Crippen LogP contribution >= 0.6 is 11.6 Å². The molecule has 0 bridgehead atoms. The van der Waals surface area contributed by atoms with Gasteiger partial charge in [0.25, 0.3) is 0 Å². The van der Waals surface area contributed by atoms with Gasteiger partial charge in [0.1, 0.15) is 5.82 Å². The molecule has 0 radical (unpaired) electrons. The van der Waals surface area contributed by atoms with Gasteiger partial charge in [0.2, 0.25) is 0 Å². The molecule has 1 atom stereocenters. The Labute approximate surface area is 118 Å². The highest BCUT2D eigenvalue weighted by Gasteiger charge is 2.06. The van der Waals surface area contributed by atoms with Crippen molar-refractivity contribution in [2.45, 2.75) is 26.4 Å². The minimum Gasteiger partial charge on any atom is -0.306 e. The average molecular weight is 278 g/mol. The third kappa shape index (κ3) is 3.79. The molecule has 1 N–H and O–H groups in total. The fraction of sp³-hybridized carbons (Fsp3) is 0.250. The van der Waals surface area contributed by atoms with E-state index in [1.807, 2.05) is 30.3 Å². The maximum atomic E-state index is 13.4. The fourth-order valence-corrected chi connectivity index (χ4v) is 2.11. The number of hydrogen-bond donors (Lipinski definition) is 1. The largest absolute Gasteiger partial charge is 0.306 e. The number of hydrogen-bond acceptors (Lipinski definition) is 1. The van der Waals surface area contributed by atoms with Gasteiger partial charge in [-0.1, -0.05) is 35.9 Å². The highest BCUT2D eigenvalue weighted by molar-refractivity contribution is 6.30. The van der Waals surface area contributed by atoms with Crippen molar-refractivity contribution in [2.24, 2.45) is 0 Å². The van der Waals surface area contributed by atoms with Crippen LogP contribution in [0, 0.1) is 12.7 Å². The Kier molecular flexibility index (Phi) is 4.56. The van der Waals surface area contributed by atoms with Crippen molar-refractivity contribution in [3.05, 3.63) is 70.0 Å². The molecule has 1 nitrogen and oxygen atoms in total. The van der Waals surface area contributed by atoms with Crippen LogP contribution in [0.25, 0.3) is 0 Å². The maximum absolute atomic E-state index is 13.4. The predicted octanol–water partition coefficient (Wildman–Crippen LogP) is 4.64. The molecule has 2 aromatic carbocycles. The van der Waals surface area contributed by atoms with E-state index in [0.29, 0.717) is 12.1 Å². The van der Waals surface area contributed by atoms with Crippen LogP contribution in [0.15, 0.2) is 42.5 Å². The summed E-state index contributed by atoms with van der Waals surface area (Å²) in [5, 5.41) is 4.09. The van der Waals surface area contributed by atoms with Gasteiger partial charge in [0.05, 0.1) is 0 Å². The normalized spacial score (nSPS) is 12.4. The molecule has 0 aromatic heterocycles. The van der Waals surface area contributed by atoms with Crippen LogP contribution in [0.2, 0.25) is 5.02 Å². The minimum absolute atomic E-state index is 0.158. The molecule has 3 heteroatoms. The first-order valence-corrected chi connectivity index (χ1v) is 6.68. The van der Waals surface area contributed by atoms with E-state index >= 15 is 0 Å². The first-order chi connectivity index (χ1) is 9.06. The quantitative estimate of drug-likeness (QED) is 0.858. The Morgan fingerprint density at radius 2 is 2.00 bits per heavy atom. The molecule has 0 heterocycles. The topological polar surface area (TPSA) is 12.0 Å². The van der Waals surface area contributed by atoms with Crippen molar-refractivity contribution in [1.29, 1.82) is 0 Å². The lowest BCUT2D eigenvalue weighted by Gasteiger charge is -2.15. The highest BCUT2D eigenvalue weighted by Crippen LogP contribution is 2.18. The molecule has 0 aliphatic heterocycles. The van der Waals surface area contributed by atoms with Crippen molar-refractivity contribution in [3.63, 3.8) is 0 Å². The van der Waals surface area contributed by atoms with Gasteiger partial charge in [0, 0.05) is 17.6 Å². The molecular formula is C16H17ClFN. The van der Waals surface area contributed by atoms with E-state index in [4.69, 9.17) is 11.6 Å². The third-order valence-corrected chi connectivity index (χ3v) is 3.43. The summed E-state index contributed by atoms with van der Waals surface area (Å²) >= 11 is 5.97. The molecule has 2 aromatic rings. The molecule has 0 saturated heterocycles. The van der Waals surface area contributed by atoms with Gasteiger partial charge in [-0.25, -0.2) is 4.39 Å². The average Bonchev–Trinajstić information content (AvgIpc) is 2.40. The molecular weight excluding hydrogens is 261 g/mol. The Balaban J connectivity index is 2.00. The fourth-order valence-electron chi connectivity index (χ4n) is 1.91. The number of rotatable bonds is 4. The molecule has 0 aliphatic rings. The predicted molar refractivity (Wildman–Crippen MR) is 77.8 cm³/mol. The van der Waals surface area contributed by atoms with E-state index in [9.17, 15) is 4.39 Å². The molecule has 0 amide bonds. The smallest absolute Gasteiger partial charge is 0.126 e. The Morgan fingerprint density at radius 3 is 2.68 bits per heavy atom. The second kappa shape index (κ2) is 6.18.